The van der Waals surface area contributed by atoms with E-state index >= 15 is 0 Å². The third-order valence-corrected chi connectivity index (χ3v) is 5.80. The monoisotopic (exact) mass is 413 g/mol. The second kappa shape index (κ2) is 7.66. The summed E-state index contributed by atoms with van der Waals surface area (Å²) < 4.78 is 29.7. The molecule has 0 aliphatic carbocycles. The Bertz CT molecular complexity index is 1090. The average molecular weight is 413 g/mol. The molecule has 8 heteroatoms. The van der Waals surface area contributed by atoms with Gasteiger partial charge in [-0.1, -0.05) is 6.92 Å². The van der Waals surface area contributed by atoms with Crippen molar-refractivity contribution in [3.05, 3.63) is 59.4 Å². The molecule has 1 N–H and O–H groups in total. The van der Waals surface area contributed by atoms with Gasteiger partial charge in [-0.3, -0.25) is 4.79 Å². The van der Waals surface area contributed by atoms with Gasteiger partial charge in [0.15, 0.2) is 5.65 Å². The van der Waals surface area contributed by atoms with Gasteiger partial charge in [-0.15, -0.1) is 0 Å². The van der Waals surface area contributed by atoms with Crippen LogP contribution in [-0.2, 0) is 0 Å². The number of carbonyl (C=O) groups is 1. The molecule has 158 valence electrons. The van der Waals surface area contributed by atoms with Gasteiger partial charge in [-0.2, -0.15) is 5.10 Å². The molecule has 3 heterocycles. The summed E-state index contributed by atoms with van der Waals surface area (Å²) in [6.45, 7) is 6.59. The lowest BCUT2D eigenvalue weighted by Gasteiger charge is -2.26. The molecule has 4 rings (SSSR count). The van der Waals surface area contributed by atoms with Crippen molar-refractivity contribution < 1.29 is 13.6 Å². The number of hydrogen-bond acceptors (Lipinski definition) is 4. The van der Waals surface area contributed by atoms with Crippen molar-refractivity contribution >= 4 is 17.4 Å². The Labute approximate surface area is 173 Å². The number of carbonyl (C=O) groups excluding carboxylic acids is 1. The van der Waals surface area contributed by atoms with Gasteiger partial charge in [0, 0.05) is 23.8 Å². The Hall–Kier alpha value is -3.03. The Balaban J connectivity index is 1.69. The van der Waals surface area contributed by atoms with Gasteiger partial charge in [0.1, 0.15) is 23.0 Å². The van der Waals surface area contributed by atoms with Crippen LogP contribution in [0.3, 0.4) is 0 Å². The summed E-state index contributed by atoms with van der Waals surface area (Å²) in [4.78, 5) is 19.4. The predicted molar refractivity (Wildman–Crippen MR) is 111 cm³/mol. The second-order valence-corrected chi connectivity index (χ2v) is 8.32. The van der Waals surface area contributed by atoms with Crippen LogP contribution in [0.4, 0.5) is 14.6 Å². The quantitative estimate of drug-likeness (QED) is 0.679. The normalized spacial score (nSPS) is 17.0. The molecule has 1 aromatic carbocycles. The molecule has 6 nitrogen and oxygen atoms in total. The zero-order valence-corrected chi connectivity index (χ0v) is 17.3. The zero-order chi connectivity index (χ0) is 21.5. The van der Waals surface area contributed by atoms with Crippen molar-refractivity contribution in [2.45, 2.75) is 51.6 Å². The molecule has 0 bridgehead atoms. The predicted octanol–water partition coefficient (Wildman–Crippen LogP) is 4.27. The van der Waals surface area contributed by atoms with Crippen molar-refractivity contribution in [3.63, 3.8) is 0 Å². The van der Waals surface area contributed by atoms with Gasteiger partial charge in [-0.05, 0) is 57.4 Å². The molecule has 1 fully saturated rings. The van der Waals surface area contributed by atoms with Crippen molar-refractivity contribution in [2.24, 2.45) is 0 Å². The van der Waals surface area contributed by atoms with E-state index in [1.807, 2.05) is 25.7 Å². The highest BCUT2D eigenvalue weighted by atomic mass is 19.1. The minimum atomic E-state index is -0.463. The Morgan fingerprint density at radius 1 is 1.30 bits per heavy atom. The van der Waals surface area contributed by atoms with Crippen LogP contribution in [0.1, 0.15) is 62.0 Å². The lowest BCUT2D eigenvalue weighted by Crippen LogP contribution is -2.42. The maximum Gasteiger partial charge on any atom is 0.257 e. The Morgan fingerprint density at radius 3 is 2.87 bits per heavy atom. The molecule has 1 saturated heterocycles. The largest absolute Gasteiger partial charge is 0.349 e. The molecule has 0 unspecified atom stereocenters. The van der Waals surface area contributed by atoms with E-state index in [1.165, 1.54) is 12.3 Å². The zero-order valence-electron chi connectivity index (χ0n) is 17.3. The standard InChI is InChI=1S/C22H25F2N5O/c1-4-22(2,3)27-21(30)16-13-25-29-11-9-19(26-20(16)29)28-10-5-6-18(28)15-12-14(23)7-8-17(15)24/h7-9,11-13,18H,4-6,10H2,1-3H3,(H,27,30)/t18-/m1/s1. The van der Waals surface area contributed by atoms with Crippen LogP contribution in [0, 0.1) is 11.6 Å². The van der Waals surface area contributed by atoms with Crippen LogP contribution in [-0.4, -0.2) is 32.6 Å². The van der Waals surface area contributed by atoms with E-state index < -0.39 is 11.6 Å². The van der Waals surface area contributed by atoms with Crippen LogP contribution in [0.2, 0.25) is 0 Å². The lowest BCUT2D eigenvalue weighted by molar-refractivity contribution is 0.0912. The van der Waals surface area contributed by atoms with E-state index in [0.29, 0.717) is 35.6 Å². The number of rotatable bonds is 5. The first-order chi connectivity index (χ1) is 14.3. The minimum Gasteiger partial charge on any atom is -0.349 e. The molecule has 3 aromatic rings. The highest BCUT2D eigenvalue weighted by molar-refractivity contribution is 6.00. The molecular formula is C22H25F2N5O. The van der Waals surface area contributed by atoms with Gasteiger partial charge < -0.3 is 10.2 Å². The van der Waals surface area contributed by atoms with E-state index in [4.69, 9.17) is 0 Å². The molecule has 0 saturated carbocycles. The van der Waals surface area contributed by atoms with Crippen molar-refractivity contribution in [1.82, 2.24) is 19.9 Å². The molecule has 1 atom stereocenters. The summed E-state index contributed by atoms with van der Waals surface area (Å²) >= 11 is 0. The lowest BCUT2D eigenvalue weighted by atomic mass is 10.0. The average Bonchev–Trinajstić information content (AvgIpc) is 3.36. The van der Waals surface area contributed by atoms with Gasteiger partial charge in [0.25, 0.3) is 5.91 Å². The third-order valence-electron chi connectivity index (χ3n) is 5.80. The molecule has 0 radical (unpaired) electrons. The first-order valence-electron chi connectivity index (χ1n) is 10.2. The van der Waals surface area contributed by atoms with Crippen LogP contribution in [0.5, 0.6) is 0 Å². The Kier molecular flexibility index (Phi) is 5.17. The smallest absolute Gasteiger partial charge is 0.257 e. The first-order valence-corrected chi connectivity index (χ1v) is 10.2. The van der Waals surface area contributed by atoms with E-state index in [0.717, 1.165) is 25.0 Å². The number of amides is 1. The van der Waals surface area contributed by atoms with Crippen LogP contribution in [0.15, 0.2) is 36.7 Å². The highest BCUT2D eigenvalue weighted by Gasteiger charge is 2.30. The summed E-state index contributed by atoms with van der Waals surface area (Å²) in [6.07, 6.45) is 5.55. The molecule has 2 aromatic heterocycles. The van der Waals surface area contributed by atoms with Gasteiger partial charge in [0.2, 0.25) is 0 Å². The van der Waals surface area contributed by atoms with Gasteiger partial charge >= 0.3 is 0 Å². The van der Waals surface area contributed by atoms with E-state index in [1.54, 1.807) is 16.8 Å². The van der Waals surface area contributed by atoms with E-state index in [-0.39, 0.29) is 17.5 Å². The topological polar surface area (TPSA) is 62.5 Å². The molecule has 1 amide bonds. The first kappa shape index (κ1) is 20.3. The summed E-state index contributed by atoms with van der Waals surface area (Å²) in [5, 5.41) is 7.23. The number of aromatic nitrogens is 3. The molecule has 1 aliphatic rings. The van der Waals surface area contributed by atoms with Crippen molar-refractivity contribution in [3.8, 4) is 0 Å². The van der Waals surface area contributed by atoms with Gasteiger partial charge in [-0.25, -0.2) is 18.3 Å². The van der Waals surface area contributed by atoms with Crippen LogP contribution in [0.25, 0.3) is 5.65 Å². The summed E-state index contributed by atoms with van der Waals surface area (Å²) in [6, 6.07) is 5.01. The Morgan fingerprint density at radius 2 is 2.10 bits per heavy atom. The number of fused-ring (bicyclic) bond motifs is 1. The number of hydrogen-bond donors (Lipinski definition) is 1. The molecule has 0 spiro atoms. The number of anilines is 1. The van der Waals surface area contributed by atoms with Crippen molar-refractivity contribution in [1.29, 1.82) is 0 Å². The maximum atomic E-state index is 14.4. The summed E-state index contributed by atoms with van der Waals surface area (Å²) in [5.74, 6) is -0.524. The minimum absolute atomic E-state index is 0.240. The third kappa shape index (κ3) is 3.74. The number of nitrogens with zero attached hydrogens (tertiary/aromatic N) is 4. The fraction of sp³-hybridized carbons (Fsp3) is 0.409. The second-order valence-electron chi connectivity index (χ2n) is 8.32. The molecule has 1 aliphatic heterocycles. The van der Waals surface area contributed by atoms with E-state index in [9.17, 15) is 13.6 Å². The SMILES string of the molecule is CCC(C)(C)NC(=O)c1cnn2ccc(N3CCC[C@@H]3c3cc(F)ccc3F)nc12. The van der Waals surface area contributed by atoms with Crippen LogP contribution < -0.4 is 10.2 Å². The number of nitrogens with one attached hydrogen (secondary N) is 1. The van der Waals surface area contributed by atoms with E-state index in [2.05, 4.69) is 15.4 Å². The highest BCUT2D eigenvalue weighted by Crippen LogP contribution is 2.36. The van der Waals surface area contributed by atoms with Crippen LogP contribution >= 0.6 is 0 Å². The molecular weight excluding hydrogens is 388 g/mol. The van der Waals surface area contributed by atoms with Gasteiger partial charge in [0.05, 0.1) is 12.2 Å². The number of benzene rings is 1. The molecule has 30 heavy (non-hydrogen) atoms. The van der Waals surface area contributed by atoms with Crippen molar-refractivity contribution in [2.75, 3.05) is 11.4 Å². The summed E-state index contributed by atoms with van der Waals surface area (Å²) in [7, 11) is 0. The summed E-state index contributed by atoms with van der Waals surface area (Å²) in [5.41, 5.74) is 0.788. The number of halogens is 2. The fourth-order valence-electron chi connectivity index (χ4n) is 3.78. The maximum absolute atomic E-state index is 14.4. The fourth-order valence-corrected chi connectivity index (χ4v) is 3.78.